The van der Waals surface area contributed by atoms with E-state index in [1.165, 1.54) is 5.69 Å². The quantitative estimate of drug-likeness (QED) is 0.765. The van der Waals surface area contributed by atoms with E-state index in [4.69, 9.17) is 0 Å². The second kappa shape index (κ2) is 5.64. The first-order valence-electron chi connectivity index (χ1n) is 8.02. The zero-order valence-corrected chi connectivity index (χ0v) is 14.4. The second-order valence-corrected chi connectivity index (χ2v) is 7.22. The van der Waals surface area contributed by atoms with Gasteiger partial charge in [-0.1, -0.05) is 52.3 Å². The van der Waals surface area contributed by atoms with Crippen molar-refractivity contribution in [2.24, 2.45) is 0 Å². The summed E-state index contributed by atoms with van der Waals surface area (Å²) in [6.07, 6.45) is 6.06. The van der Waals surface area contributed by atoms with E-state index in [1.807, 2.05) is 18.2 Å². The van der Waals surface area contributed by atoms with Gasteiger partial charge >= 0.3 is 0 Å². The van der Waals surface area contributed by atoms with Gasteiger partial charge in [0.25, 0.3) is 0 Å². The number of ketones is 1. The van der Waals surface area contributed by atoms with Gasteiger partial charge in [-0.25, -0.2) is 0 Å². The van der Waals surface area contributed by atoms with Crippen LogP contribution in [0, 0.1) is 0 Å². The number of nitrogens with zero attached hydrogens (tertiary/aromatic N) is 1. The van der Waals surface area contributed by atoms with Gasteiger partial charge in [0.1, 0.15) is 0 Å². The molecule has 0 bridgehead atoms. The van der Waals surface area contributed by atoms with Crippen LogP contribution in [0.25, 0.3) is 0 Å². The highest BCUT2D eigenvalue weighted by Crippen LogP contribution is 2.48. The van der Waals surface area contributed by atoms with Gasteiger partial charge < -0.3 is 4.90 Å². The average molecular weight is 368 g/mol. The van der Waals surface area contributed by atoms with Crippen LogP contribution in [0.2, 0.25) is 0 Å². The van der Waals surface area contributed by atoms with Crippen LogP contribution in [0.4, 0.5) is 5.69 Å². The lowest BCUT2D eigenvalue weighted by Crippen LogP contribution is -2.47. The Bertz CT molecular complexity index is 753. The van der Waals surface area contributed by atoms with E-state index < -0.39 is 0 Å². The zero-order chi connectivity index (χ0) is 15.9. The van der Waals surface area contributed by atoms with Crippen molar-refractivity contribution in [3.05, 3.63) is 76.8 Å². The number of benzene rings is 2. The summed E-state index contributed by atoms with van der Waals surface area (Å²) in [7, 11) is 0. The molecule has 1 heterocycles. The third-order valence-corrected chi connectivity index (χ3v) is 5.58. The lowest BCUT2D eigenvalue weighted by atomic mass is 9.79. The van der Waals surface area contributed by atoms with Crippen molar-refractivity contribution in [1.82, 2.24) is 0 Å². The van der Waals surface area contributed by atoms with Crippen LogP contribution in [0.3, 0.4) is 0 Å². The number of allylic oxidation sites excluding steroid dienone is 1. The molecule has 2 aliphatic rings. The van der Waals surface area contributed by atoms with Gasteiger partial charge in [-0.3, -0.25) is 4.79 Å². The molecule has 116 valence electrons. The molecule has 0 unspecified atom stereocenters. The maximum atomic E-state index is 12.7. The molecule has 0 saturated carbocycles. The number of halogens is 1. The van der Waals surface area contributed by atoms with Crippen molar-refractivity contribution in [2.45, 2.75) is 24.3 Å². The van der Waals surface area contributed by atoms with Crippen LogP contribution in [0.5, 0.6) is 0 Å². The highest BCUT2D eigenvalue weighted by Gasteiger charge is 2.51. The highest BCUT2D eigenvalue weighted by atomic mass is 79.9. The number of carbonyl (C=O) groups excluding carboxylic acids is 1. The van der Waals surface area contributed by atoms with Crippen molar-refractivity contribution in [3.63, 3.8) is 0 Å². The number of rotatable bonds is 2. The number of hydrogen-bond donors (Lipinski definition) is 0. The van der Waals surface area contributed by atoms with Crippen LogP contribution in [-0.4, -0.2) is 17.9 Å². The minimum Gasteiger partial charge on any atom is -0.361 e. The maximum Gasteiger partial charge on any atom is 0.165 e. The molecule has 3 heteroatoms. The summed E-state index contributed by atoms with van der Waals surface area (Å²) in [5, 5.41) is 0. The molecule has 2 nitrogen and oxygen atoms in total. The van der Waals surface area contributed by atoms with E-state index in [0.29, 0.717) is 0 Å². The van der Waals surface area contributed by atoms with Gasteiger partial charge in [0.2, 0.25) is 0 Å². The molecule has 0 radical (unpaired) electrons. The molecular weight excluding hydrogens is 350 g/mol. The fourth-order valence-electron chi connectivity index (χ4n) is 4.09. The van der Waals surface area contributed by atoms with Gasteiger partial charge in [0, 0.05) is 16.7 Å². The Morgan fingerprint density at radius 2 is 1.78 bits per heavy atom. The van der Waals surface area contributed by atoms with E-state index in [0.717, 1.165) is 29.4 Å². The topological polar surface area (TPSA) is 20.3 Å². The van der Waals surface area contributed by atoms with Gasteiger partial charge in [-0.05, 0) is 48.7 Å². The average Bonchev–Trinajstić information content (AvgIpc) is 3.14. The van der Waals surface area contributed by atoms with Gasteiger partial charge in [-0.2, -0.15) is 0 Å². The molecule has 0 amide bonds. The van der Waals surface area contributed by atoms with Crippen molar-refractivity contribution < 1.29 is 4.79 Å². The molecule has 2 aromatic rings. The smallest absolute Gasteiger partial charge is 0.165 e. The first-order valence-corrected chi connectivity index (χ1v) is 8.81. The molecule has 1 saturated heterocycles. The Hall–Kier alpha value is -1.87. The number of carbonyl (C=O) groups is 1. The van der Waals surface area contributed by atoms with E-state index in [1.54, 1.807) is 6.08 Å². The van der Waals surface area contributed by atoms with E-state index in [2.05, 4.69) is 63.3 Å². The SMILES string of the molecule is O=C1C=C[C@]2(CCCN2c2ccccc2)[C@@H]1c1ccc(Br)cc1. The Morgan fingerprint density at radius 3 is 2.52 bits per heavy atom. The summed E-state index contributed by atoms with van der Waals surface area (Å²) >= 11 is 3.48. The summed E-state index contributed by atoms with van der Waals surface area (Å²) in [6, 6.07) is 18.6. The van der Waals surface area contributed by atoms with Crippen molar-refractivity contribution in [2.75, 3.05) is 11.4 Å². The second-order valence-electron chi connectivity index (χ2n) is 6.30. The highest BCUT2D eigenvalue weighted by molar-refractivity contribution is 9.10. The molecule has 1 spiro atoms. The van der Waals surface area contributed by atoms with E-state index in [-0.39, 0.29) is 17.2 Å². The summed E-state index contributed by atoms with van der Waals surface area (Å²) in [4.78, 5) is 15.1. The van der Waals surface area contributed by atoms with Crippen LogP contribution in [0.1, 0.15) is 24.3 Å². The number of hydrogen-bond acceptors (Lipinski definition) is 2. The minimum absolute atomic E-state index is 0.113. The molecule has 23 heavy (non-hydrogen) atoms. The normalized spacial score (nSPS) is 26.4. The molecular formula is C20H18BrNO. The largest absolute Gasteiger partial charge is 0.361 e. The fourth-order valence-corrected chi connectivity index (χ4v) is 4.35. The summed E-state index contributed by atoms with van der Waals surface area (Å²) in [5.74, 6) is 0.105. The molecule has 1 aliphatic heterocycles. The van der Waals surface area contributed by atoms with E-state index >= 15 is 0 Å². The fraction of sp³-hybridized carbons (Fsp3) is 0.250. The lowest BCUT2D eigenvalue weighted by molar-refractivity contribution is -0.116. The van der Waals surface area contributed by atoms with Gasteiger partial charge in [-0.15, -0.1) is 0 Å². The Balaban J connectivity index is 1.79. The Labute approximate surface area is 144 Å². The lowest BCUT2D eigenvalue weighted by Gasteiger charge is -2.40. The molecule has 1 aliphatic carbocycles. The summed E-state index contributed by atoms with van der Waals surface area (Å²) in [5.41, 5.74) is 2.09. The molecule has 1 fully saturated rings. The standard InChI is InChI=1S/C20H18BrNO/c21-16-9-7-15(8-10-16)19-18(23)11-13-20(19)12-4-14-22(20)17-5-2-1-3-6-17/h1-3,5-11,13,19H,4,12,14H2/t19-,20-/m1/s1. The molecule has 4 rings (SSSR count). The molecule has 2 atom stereocenters. The van der Waals surface area contributed by atoms with E-state index in [9.17, 15) is 4.79 Å². The number of anilines is 1. The first kappa shape index (κ1) is 14.7. The summed E-state index contributed by atoms with van der Waals surface area (Å²) < 4.78 is 1.04. The van der Waals surface area contributed by atoms with Crippen molar-refractivity contribution in [1.29, 1.82) is 0 Å². The van der Waals surface area contributed by atoms with Crippen molar-refractivity contribution >= 4 is 27.4 Å². The van der Waals surface area contributed by atoms with Crippen LogP contribution >= 0.6 is 15.9 Å². The number of para-hydroxylation sites is 1. The third-order valence-electron chi connectivity index (χ3n) is 5.05. The molecule has 0 N–H and O–H groups in total. The van der Waals surface area contributed by atoms with Gasteiger partial charge in [0.05, 0.1) is 11.5 Å². The monoisotopic (exact) mass is 367 g/mol. The van der Waals surface area contributed by atoms with Gasteiger partial charge in [0.15, 0.2) is 5.78 Å². The minimum atomic E-state index is -0.216. The van der Waals surface area contributed by atoms with Crippen LogP contribution in [-0.2, 0) is 4.79 Å². The Morgan fingerprint density at radius 1 is 1.04 bits per heavy atom. The molecule has 0 aromatic heterocycles. The van der Waals surface area contributed by atoms with Crippen LogP contribution in [0.15, 0.2) is 71.2 Å². The predicted octanol–water partition coefficient (Wildman–Crippen LogP) is 4.71. The van der Waals surface area contributed by atoms with Crippen molar-refractivity contribution in [3.8, 4) is 0 Å². The zero-order valence-electron chi connectivity index (χ0n) is 12.8. The third kappa shape index (κ3) is 2.34. The van der Waals surface area contributed by atoms with Crippen LogP contribution < -0.4 is 4.90 Å². The predicted molar refractivity (Wildman–Crippen MR) is 96.8 cm³/mol. The Kier molecular flexibility index (Phi) is 3.61. The maximum absolute atomic E-state index is 12.7. The first-order chi connectivity index (χ1) is 11.2. The summed E-state index contributed by atoms with van der Waals surface area (Å²) in [6.45, 7) is 0.995. The molecule has 2 aromatic carbocycles.